The molecule has 0 aliphatic carbocycles. The van der Waals surface area contributed by atoms with Gasteiger partial charge in [-0.25, -0.2) is 4.79 Å². The molecule has 17 heavy (non-hydrogen) atoms. The Labute approximate surface area is 101 Å². The van der Waals surface area contributed by atoms with Gasteiger partial charge < -0.3 is 9.47 Å². The molecule has 0 N–H and O–H groups in total. The summed E-state index contributed by atoms with van der Waals surface area (Å²) in [6.07, 6.45) is 0.731. The highest BCUT2D eigenvalue weighted by Crippen LogP contribution is 2.22. The molecule has 0 aliphatic heterocycles. The van der Waals surface area contributed by atoms with Gasteiger partial charge in [0, 0.05) is 0 Å². The highest BCUT2D eigenvalue weighted by Gasteiger charge is 2.10. The van der Waals surface area contributed by atoms with E-state index in [2.05, 4.69) is 0 Å². The number of aryl methyl sites for hydroxylation is 2. The lowest BCUT2D eigenvalue weighted by Gasteiger charge is -2.10. The van der Waals surface area contributed by atoms with Gasteiger partial charge in [0.15, 0.2) is 12.9 Å². The average molecular weight is 236 g/mol. The molecule has 0 amide bonds. The largest absolute Gasteiger partial charge is 0.481 e. The van der Waals surface area contributed by atoms with E-state index in [9.17, 15) is 9.59 Å². The van der Waals surface area contributed by atoms with Crippen LogP contribution in [-0.4, -0.2) is 25.5 Å². The molecule has 1 rings (SSSR count). The van der Waals surface area contributed by atoms with E-state index < -0.39 is 5.97 Å². The first kappa shape index (κ1) is 13.2. The summed E-state index contributed by atoms with van der Waals surface area (Å²) < 4.78 is 10.0. The Morgan fingerprint density at radius 2 is 2.06 bits per heavy atom. The molecule has 0 saturated heterocycles. The fraction of sp³-hybridized carbons (Fsp3) is 0.385. The summed E-state index contributed by atoms with van der Waals surface area (Å²) in [7, 11) is 0. The number of carbonyl (C=O) groups excluding carboxylic acids is 2. The first-order valence-electron chi connectivity index (χ1n) is 5.43. The monoisotopic (exact) mass is 236 g/mol. The molecular weight excluding hydrogens is 220 g/mol. The molecular formula is C13H16O4. The molecule has 0 fully saturated rings. The second kappa shape index (κ2) is 6.03. The molecule has 0 aromatic heterocycles. The highest BCUT2D eigenvalue weighted by molar-refractivity contribution is 5.82. The van der Waals surface area contributed by atoms with Crippen molar-refractivity contribution in [3.8, 4) is 5.75 Å². The minimum Gasteiger partial charge on any atom is -0.481 e. The van der Waals surface area contributed by atoms with Crippen molar-refractivity contribution < 1.29 is 19.1 Å². The Kier molecular flexibility index (Phi) is 4.69. The molecule has 0 spiro atoms. The molecule has 0 saturated carbocycles. The van der Waals surface area contributed by atoms with Crippen molar-refractivity contribution in [3.05, 3.63) is 28.8 Å². The number of hydrogen-bond donors (Lipinski definition) is 0. The van der Waals surface area contributed by atoms with Gasteiger partial charge in [0.2, 0.25) is 0 Å². The number of aldehydes is 1. The quantitative estimate of drug-likeness (QED) is 0.580. The number of benzene rings is 1. The van der Waals surface area contributed by atoms with Crippen LogP contribution < -0.4 is 4.74 Å². The van der Waals surface area contributed by atoms with Crippen LogP contribution in [0.1, 0.15) is 28.4 Å². The average Bonchev–Trinajstić information content (AvgIpc) is 2.26. The van der Waals surface area contributed by atoms with E-state index in [0.29, 0.717) is 17.9 Å². The van der Waals surface area contributed by atoms with Gasteiger partial charge in [-0.2, -0.15) is 0 Å². The molecule has 0 heterocycles. The maximum absolute atomic E-state index is 11.2. The highest BCUT2D eigenvalue weighted by atomic mass is 16.6. The third-order valence-corrected chi connectivity index (χ3v) is 2.26. The first-order valence-corrected chi connectivity index (χ1v) is 5.43. The van der Waals surface area contributed by atoms with Gasteiger partial charge in [-0.05, 0) is 38.0 Å². The lowest BCUT2D eigenvalue weighted by Crippen LogP contribution is -2.15. The fourth-order valence-electron chi connectivity index (χ4n) is 1.55. The van der Waals surface area contributed by atoms with Crippen LogP contribution in [0.5, 0.6) is 5.75 Å². The second-order valence-electron chi connectivity index (χ2n) is 3.71. The van der Waals surface area contributed by atoms with Crippen molar-refractivity contribution in [1.29, 1.82) is 0 Å². The molecule has 92 valence electrons. The van der Waals surface area contributed by atoms with Gasteiger partial charge in [-0.1, -0.05) is 6.07 Å². The topological polar surface area (TPSA) is 52.6 Å². The molecule has 0 unspecified atom stereocenters. The van der Waals surface area contributed by atoms with Crippen molar-refractivity contribution >= 4 is 12.3 Å². The van der Waals surface area contributed by atoms with E-state index >= 15 is 0 Å². The van der Waals surface area contributed by atoms with Gasteiger partial charge in [0.05, 0.1) is 12.2 Å². The lowest BCUT2D eigenvalue weighted by atomic mass is 10.1. The summed E-state index contributed by atoms with van der Waals surface area (Å²) in [5.41, 5.74) is 2.28. The van der Waals surface area contributed by atoms with Crippen LogP contribution in [0.3, 0.4) is 0 Å². The van der Waals surface area contributed by atoms with E-state index in [1.807, 2.05) is 19.9 Å². The zero-order valence-corrected chi connectivity index (χ0v) is 10.3. The molecule has 1 aromatic carbocycles. The van der Waals surface area contributed by atoms with E-state index in [0.717, 1.165) is 17.4 Å². The zero-order valence-electron chi connectivity index (χ0n) is 10.3. The third-order valence-electron chi connectivity index (χ3n) is 2.26. The van der Waals surface area contributed by atoms with Crippen molar-refractivity contribution in [2.75, 3.05) is 13.2 Å². The molecule has 0 aliphatic rings. The number of carbonyl (C=O) groups is 2. The standard InChI is InChI=1S/C13H16O4/c1-4-16-13(15)8-17-12-6-9(2)5-10(3)11(12)7-14/h5-7H,4,8H2,1-3H3. The molecule has 4 heteroatoms. The molecule has 0 bridgehead atoms. The number of esters is 1. The van der Waals surface area contributed by atoms with E-state index in [4.69, 9.17) is 9.47 Å². The van der Waals surface area contributed by atoms with Crippen LogP contribution in [-0.2, 0) is 9.53 Å². The number of rotatable bonds is 5. The second-order valence-corrected chi connectivity index (χ2v) is 3.71. The number of ether oxygens (including phenoxy) is 2. The maximum atomic E-state index is 11.2. The normalized spacial score (nSPS) is 9.82. The maximum Gasteiger partial charge on any atom is 0.344 e. The SMILES string of the molecule is CCOC(=O)COc1cc(C)cc(C)c1C=O. The van der Waals surface area contributed by atoms with Crippen molar-refractivity contribution in [2.24, 2.45) is 0 Å². The van der Waals surface area contributed by atoms with Crippen LogP contribution in [0.2, 0.25) is 0 Å². The third kappa shape index (κ3) is 3.59. The molecule has 1 aromatic rings. The van der Waals surface area contributed by atoms with Crippen molar-refractivity contribution in [2.45, 2.75) is 20.8 Å². The van der Waals surface area contributed by atoms with E-state index in [1.54, 1.807) is 13.0 Å². The van der Waals surface area contributed by atoms with Crippen LogP contribution in [0, 0.1) is 13.8 Å². The Morgan fingerprint density at radius 1 is 1.35 bits per heavy atom. The summed E-state index contributed by atoms with van der Waals surface area (Å²) in [5.74, 6) is -0.0194. The van der Waals surface area contributed by atoms with Crippen molar-refractivity contribution in [3.63, 3.8) is 0 Å². The van der Waals surface area contributed by atoms with E-state index in [1.165, 1.54) is 0 Å². The van der Waals surface area contributed by atoms with Crippen LogP contribution in [0.4, 0.5) is 0 Å². The summed E-state index contributed by atoms with van der Waals surface area (Å²) >= 11 is 0. The predicted octanol–water partition coefficient (Wildman–Crippen LogP) is 2.06. The van der Waals surface area contributed by atoms with Gasteiger partial charge in [-0.3, -0.25) is 4.79 Å². The predicted molar refractivity (Wildman–Crippen MR) is 63.4 cm³/mol. The summed E-state index contributed by atoms with van der Waals surface area (Å²) in [4.78, 5) is 22.1. The fourth-order valence-corrected chi connectivity index (χ4v) is 1.55. The van der Waals surface area contributed by atoms with Gasteiger partial charge >= 0.3 is 5.97 Å². The lowest BCUT2D eigenvalue weighted by molar-refractivity contribution is -0.145. The van der Waals surface area contributed by atoms with E-state index in [-0.39, 0.29) is 6.61 Å². The molecule has 4 nitrogen and oxygen atoms in total. The smallest absolute Gasteiger partial charge is 0.344 e. The summed E-state index contributed by atoms with van der Waals surface area (Å²) in [5, 5.41) is 0. The first-order chi connectivity index (χ1) is 8.08. The minimum absolute atomic E-state index is 0.183. The van der Waals surface area contributed by atoms with Gasteiger partial charge in [0.1, 0.15) is 5.75 Å². The molecule has 0 radical (unpaired) electrons. The molecule has 0 atom stereocenters. The Bertz CT molecular complexity index is 424. The Morgan fingerprint density at radius 3 is 2.65 bits per heavy atom. The van der Waals surface area contributed by atoms with Crippen LogP contribution in [0.25, 0.3) is 0 Å². The van der Waals surface area contributed by atoms with Gasteiger partial charge in [-0.15, -0.1) is 0 Å². The summed E-state index contributed by atoms with van der Waals surface area (Å²) in [6, 6.07) is 3.62. The number of hydrogen-bond acceptors (Lipinski definition) is 4. The van der Waals surface area contributed by atoms with Crippen LogP contribution in [0.15, 0.2) is 12.1 Å². The zero-order chi connectivity index (χ0) is 12.8. The Balaban J connectivity index is 2.83. The Hall–Kier alpha value is -1.84. The minimum atomic E-state index is -0.441. The van der Waals surface area contributed by atoms with Crippen molar-refractivity contribution in [1.82, 2.24) is 0 Å². The summed E-state index contributed by atoms with van der Waals surface area (Å²) in [6.45, 7) is 5.59. The van der Waals surface area contributed by atoms with Crippen LogP contribution >= 0.6 is 0 Å². The van der Waals surface area contributed by atoms with Gasteiger partial charge in [0.25, 0.3) is 0 Å².